The zero-order valence-electron chi connectivity index (χ0n) is 27.9. The predicted octanol–water partition coefficient (Wildman–Crippen LogP) is 7.05. The van der Waals surface area contributed by atoms with Gasteiger partial charge < -0.3 is 23.8 Å². The second-order valence-corrected chi connectivity index (χ2v) is 13.4. The quantitative estimate of drug-likeness (QED) is 0.127. The first-order valence-corrected chi connectivity index (χ1v) is 16.6. The van der Waals surface area contributed by atoms with Crippen LogP contribution in [0.4, 0.5) is 10.7 Å². The summed E-state index contributed by atoms with van der Waals surface area (Å²) in [7, 11) is 6.74. The van der Waals surface area contributed by atoms with Crippen molar-refractivity contribution in [1.29, 1.82) is 0 Å². The van der Waals surface area contributed by atoms with Gasteiger partial charge in [-0.3, -0.25) is 0 Å². The van der Waals surface area contributed by atoms with Crippen LogP contribution in [-0.4, -0.2) is 61.6 Å². The third-order valence-electron chi connectivity index (χ3n) is 8.83. The molecule has 1 aliphatic carbocycles. The number of hydrogen-bond acceptors (Lipinski definition) is 9. The second kappa shape index (κ2) is 14.0. The van der Waals surface area contributed by atoms with E-state index in [1.165, 1.54) is 0 Å². The first-order chi connectivity index (χ1) is 22.1. The Labute approximate surface area is 274 Å². The molecule has 0 radical (unpaired) electrons. The van der Waals surface area contributed by atoms with E-state index in [2.05, 4.69) is 50.6 Å². The van der Waals surface area contributed by atoms with Gasteiger partial charge in [-0.25, -0.2) is 19.1 Å². The molecule has 4 aromatic rings. The number of benzene rings is 1. The lowest BCUT2D eigenvalue weighted by Crippen LogP contribution is -2.37. The Morgan fingerprint density at radius 2 is 1.76 bits per heavy atom. The zero-order valence-corrected chi connectivity index (χ0v) is 28.7. The lowest BCUT2D eigenvalue weighted by atomic mass is 9.75. The highest BCUT2D eigenvalue weighted by Gasteiger charge is 2.36. The van der Waals surface area contributed by atoms with Gasteiger partial charge in [0.05, 0.1) is 43.8 Å². The number of anilines is 1. The van der Waals surface area contributed by atoms with Gasteiger partial charge in [0.15, 0.2) is 23.0 Å². The summed E-state index contributed by atoms with van der Waals surface area (Å²) >= 11 is 1.62. The minimum Gasteiger partial charge on any atom is -0.496 e. The lowest BCUT2D eigenvalue weighted by Gasteiger charge is -2.37. The number of ether oxygens (including phenoxy) is 4. The summed E-state index contributed by atoms with van der Waals surface area (Å²) in [6.07, 6.45) is 5.82. The van der Waals surface area contributed by atoms with Crippen molar-refractivity contribution in [2.45, 2.75) is 59.5 Å². The Morgan fingerprint density at radius 1 is 1.09 bits per heavy atom. The van der Waals surface area contributed by atoms with Crippen LogP contribution in [0.2, 0.25) is 0 Å². The van der Waals surface area contributed by atoms with Crippen LogP contribution in [0.15, 0.2) is 24.3 Å². The molecule has 11 heteroatoms. The number of hydrogen-bond donors (Lipinski definition) is 0. The van der Waals surface area contributed by atoms with Crippen molar-refractivity contribution in [1.82, 2.24) is 14.6 Å². The molecule has 244 valence electrons. The lowest BCUT2D eigenvalue weighted by molar-refractivity contribution is -0.0249. The molecule has 1 aliphatic rings. The third kappa shape index (κ3) is 6.36. The molecule has 1 aromatic carbocycles. The SMILES string of the molecule is [C-]#[N+]c1c(C(=O)OC2C(C)CC(C)CC2C)c2nc(-c3cc(OC)c(OC)cc3OC)nn2/c1=C/c1ccc(N(C)CCCC)s1. The molecule has 1 saturated carbocycles. The van der Waals surface area contributed by atoms with E-state index in [1.807, 2.05) is 12.1 Å². The molecule has 46 heavy (non-hydrogen) atoms. The summed E-state index contributed by atoms with van der Waals surface area (Å²) in [5.74, 6) is 2.18. The zero-order chi connectivity index (χ0) is 33.1. The van der Waals surface area contributed by atoms with E-state index in [1.54, 1.807) is 49.3 Å². The first kappa shape index (κ1) is 33.1. The third-order valence-corrected chi connectivity index (χ3v) is 9.98. The molecule has 2 atom stereocenters. The van der Waals surface area contributed by atoms with Gasteiger partial charge in [-0.2, -0.15) is 0 Å². The Hall–Kier alpha value is -4.30. The number of methoxy groups -OCH3 is 3. The van der Waals surface area contributed by atoms with Crippen molar-refractivity contribution in [3.05, 3.63) is 51.5 Å². The van der Waals surface area contributed by atoms with Crippen LogP contribution in [0.1, 0.15) is 68.6 Å². The van der Waals surface area contributed by atoms with Crippen molar-refractivity contribution < 1.29 is 23.7 Å². The average molecular weight is 646 g/mol. The van der Waals surface area contributed by atoms with Gasteiger partial charge >= 0.3 is 5.97 Å². The Kier molecular flexibility index (Phi) is 10.1. The van der Waals surface area contributed by atoms with E-state index in [0.29, 0.717) is 39.9 Å². The molecule has 3 heterocycles. The number of nitrogens with zero attached hydrogens (tertiary/aromatic N) is 5. The Morgan fingerprint density at radius 3 is 2.39 bits per heavy atom. The summed E-state index contributed by atoms with van der Waals surface area (Å²) in [5.41, 5.74) is 1.10. The van der Waals surface area contributed by atoms with E-state index in [4.69, 9.17) is 35.6 Å². The monoisotopic (exact) mass is 645 g/mol. The van der Waals surface area contributed by atoms with E-state index in [-0.39, 0.29) is 34.8 Å². The van der Waals surface area contributed by atoms with E-state index in [0.717, 1.165) is 42.1 Å². The van der Waals surface area contributed by atoms with Gasteiger partial charge in [0.1, 0.15) is 17.4 Å². The van der Waals surface area contributed by atoms with Crippen LogP contribution >= 0.6 is 11.3 Å². The molecule has 2 unspecified atom stereocenters. The Bertz CT molecular complexity index is 1800. The first-order valence-electron chi connectivity index (χ1n) is 15.8. The topological polar surface area (TPSA) is 91.8 Å². The highest BCUT2D eigenvalue weighted by Crippen LogP contribution is 2.40. The number of fused-ring (bicyclic) bond motifs is 1. The van der Waals surface area contributed by atoms with Crippen molar-refractivity contribution in [3.8, 4) is 28.6 Å². The highest BCUT2D eigenvalue weighted by atomic mass is 32.1. The molecule has 0 spiro atoms. The number of rotatable bonds is 11. The van der Waals surface area contributed by atoms with Crippen LogP contribution in [-0.2, 0) is 4.74 Å². The van der Waals surface area contributed by atoms with Crippen molar-refractivity contribution >= 4 is 39.7 Å². The van der Waals surface area contributed by atoms with Crippen molar-refractivity contribution in [2.24, 2.45) is 17.8 Å². The maximum absolute atomic E-state index is 14.1. The van der Waals surface area contributed by atoms with Gasteiger partial charge in [-0.1, -0.05) is 34.1 Å². The molecular formula is C35H43N5O5S. The summed E-state index contributed by atoms with van der Waals surface area (Å²) in [6.45, 7) is 17.8. The van der Waals surface area contributed by atoms with Crippen LogP contribution < -0.4 is 24.5 Å². The van der Waals surface area contributed by atoms with Gasteiger partial charge in [0, 0.05) is 24.5 Å². The summed E-state index contributed by atoms with van der Waals surface area (Å²) in [6, 6.07) is 7.55. The van der Waals surface area contributed by atoms with Crippen molar-refractivity contribution in [2.75, 3.05) is 39.8 Å². The van der Waals surface area contributed by atoms with Gasteiger partial charge in [0.25, 0.3) is 0 Å². The molecule has 5 rings (SSSR count). The molecule has 0 aliphatic heterocycles. The number of unbranched alkanes of at least 4 members (excludes halogenated alkanes) is 1. The molecule has 0 bridgehead atoms. The second-order valence-electron chi connectivity index (χ2n) is 12.3. The molecule has 10 nitrogen and oxygen atoms in total. The largest absolute Gasteiger partial charge is 0.496 e. The number of thiophene rings is 1. The molecule has 0 amide bonds. The molecule has 3 aromatic heterocycles. The van der Waals surface area contributed by atoms with E-state index >= 15 is 0 Å². The van der Waals surface area contributed by atoms with Crippen LogP contribution in [0, 0.1) is 24.3 Å². The standard InChI is InChI=1S/C35H43N5O5S/c1-10-11-14-39(6)29-13-12-23(46-29)17-25-31(36-5)30(35(41)45-32-21(3)15-20(2)16-22(32)4)34-37-33(38-40(25)34)24-18-27(43-8)28(44-9)19-26(24)42-7/h12-13,17-22,32H,10-11,14-16H2,1-4,6-9H3/b25-17+. The number of aromatic nitrogens is 3. The molecule has 1 fully saturated rings. The van der Waals surface area contributed by atoms with Crippen LogP contribution in [0.3, 0.4) is 0 Å². The molecular weight excluding hydrogens is 602 g/mol. The summed E-state index contributed by atoms with van der Waals surface area (Å²) in [4.78, 5) is 25.9. The normalized spacial score (nSPS) is 20.0. The maximum atomic E-state index is 14.1. The smallest absolute Gasteiger partial charge is 0.331 e. The minimum absolute atomic E-state index is 0.120. The van der Waals surface area contributed by atoms with E-state index in [9.17, 15) is 4.79 Å². The predicted molar refractivity (Wildman–Crippen MR) is 182 cm³/mol. The van der Waals surface area contributed by atoms with Gasteiger partial charge in [-0.05, 0) is 61.3 Å². The van der Waals surface area contributed by atoms with Crippen LogP contribution in [0.25, 0.3) is 28.0 Å². The summed E-state index contributed by atoms with van der Waals surface area (Å²) in [5, 5.41) is 6.43. The molecule has 0 N–H and O–H groups in total. The fourth-order valence-electron chi connectivity index (χ4n) is 6.60. The maximum Gasteiger partial charge on any atom is 0.331 e. The van der Waals surface area contributed by atoms with Crippen LogP contribution in [0.5, 0.6) is 17.2 Å². The van der Waals surface area contributed by atoms with Crippen molar-refractivity contribution in [3.63, 3.8) is 0 Å². The average Bonchev–Trinajstić information content (AvgIpc) is 3.76. The fourth-order valence-corrected chi connectivity index (χ4v) is 7.53. The number of esters is 1. The van der Waals surface area contributed by atoms with Gasteiger partial charge in [-0.15, -0.1) is 16.4 Å². The Balaban J connectivity index is 1.68. The minimum atomic E-state index is -0.557. The highest BCUT2D eigenvalue weighted by molar-refractivity contribution is 7.16. The number of carbonyl (C=O) groups is 1. The fraction of sp³-hybridized carbons (Fsp3) is 0.486. The van der Waals surface area contributed by atoms with E-state index < -0.39 is 5.97 Å². The van der Waals surface area contributed by atoms with Gasteiger partial charge in [0.2, 0.25) is 5.69 Å². The number of carbonyl (C=O) groups excluding carboxylic acids is 1. The summed E-state index contributed by atoms with van der Waals surface area (Å²) < 4.78 is 24.5. The molecule has 0 saturated heterocycles.